The van der Waals surface area contributed by atoms with E-state index in [1.165, 1.54) is 0 Å². The smallest absolute Gasteiger partial charge is 0.312 e. The van der Waals surface area contributed by atoms with Crippen molar-refractivity contribution < 1.29 is 15.0 Å². The van der Waals surface area contributed by atoms with Crippen LogP contribution in [0.5, 0.6) is 0 Å². The summed E-state index contributed by atoms with van der Waals surface area (Å²) in [4.78, 5) is 11.3. The van der Waals surface area contributed by atoms with Gasteiger partial charge in [0.25, 0.3) is 0 Å². The van der Waals surface area contributed by atoms with Gasteiger partial charge in [0.05, 0.1) is 11.0 Å². The standard InChI is InChI=1S/C13H22O3/c1-11(2)4-3-5-13(16,9-6-11)12(7-8-12)10(14)15/h16H,3-9H2,1-2H3,(H,14,15). The van der Waals surface area contributed by atoms with Gasteiger partial charge in [0.1, 0.15) is 0 Å². The molecule has 0 aromatic carbocycles. The zero-order valence-electron chi connectivity index (χ0n) is 10.3. The van der Waals surface area contributed by atoms with Crippen molar-refractivity contribution in [2.45, 2.75) is 64.4 Å². The molecule has 0 bridgehead atoms. The maximum Gasteiger partial charge on any atom is 0.312 e. The highest BCUT2D eigenvalue weighted by atomic mass is 16.4. The number of carbonyl (C=O) groups is 1. The molecule has 0 aromatic heterocycles. The molecule has 2 fully saturated rings. The second-order valence-electron chi connectivity index (χ2n) is 6.44. The number of carboxylic acid groups (broad SMARTS) is 1. The molecule has 1 atom stereocenters. The first-order chi connectivity index (χ1) is 7.31. The van der Waals surface area contributed by atoms with Gasteiger partial charge in [-0.25, -0.2) is 0 Å². The summed E-state index contributed by atoms with van der Waals surface area (Å²) in [6.07, 6.45) is 5.57. The first kappa shape index (κ1) is 11.9. The van der Waals surface area contributed by atoms with Crippen LogP contribution in [0.25, 0.3) is 0 Å². The van der Waals surface area contributed by atoms with Crippen LogP contribution < -0.4 is 0 Å². The number of hydrogen-bond donors (Lipinski definition) is 2. The Hall–Kier alpha value is -0.570. The van der Waals surface area contributed by atoms with E-state index in [1.807, 2.05) is 0 Å². The first-order valence-corrected chi connectivity index (χ1v) is 6.27. The zero-order valence-corrected chi connectivity index (χ0v) is 10.3. The fourth-order valence-corrected chi connectivity index (χ4v) is 3.14. The molecule has 0 spiro atoms. The lowest BCUT2D eigenvalue weighted by Crippen LogP contribution is -2.44. The highest BCUT2D eigenvalue weighted by molar-refractivity contribution is 5.79. The molecule has 0 heterocycles. The molecule has 16 heavy (non-hydrogen) atoms. The maximum absolute atomic E-state index is 11.3. The van der Waals surface area contributed by atoms with Crippen molar-refractivity contribution in [3.05, 3.63) is 0 Å². The Kier molecular flexibility index (Phi) is 2.57. The van der Waals surface area contributed by atoms with E-state index < -0.39 is 17.0 Å². The Labute approximate surface area is 96.9 Å². The summed E-state index contributed by atoms with van der Waals surface area (Å²) < 4.78 is 0. The molecule has 3 nitrogen and oxygen atoms in total. The number of aliphatic hydroxyl groups is 1. The van der Waals surface area contributed by atoms with Crippen molar-refractivity contribution in [2.75, 3.05) is 0 Å². The minimum Gasteiger partial charge on any atom is -0.481 e. The van der Waals surface area contributed by atoms with Gasteiger partial charge in [0.2, 0.25) is 0 Å². The van der Waals surface area contributed by atoms with Gasteiger partial charge in [0.15, 0.2) is 0 Å². The topological polar surface area (TPSA) is 57.5 Å². The first-order valence-electron chi connectivity index (χ1n) is 6.27. The van der Waals surface area contributed by atoms with Crippen LogP contribution in [0.3, 0.4) is 0 Å². The Balaban J connectivity index is 2.17. The molecule has 1 unspecified atom stereocenters. The normalized spacial score (nSPS) is 36.4. The van der Waals surface area contributed by atoms with Crippen LogP contribution in [-0.4, -0.2) is 21.8 Å². The summed E-state index contributed by atoms with van der Waals surface area (Å²) >= 11 is 0. The van der Waals surface area contributed by atoms with Crippen LogP contribution in [0.1, 0.15) is 58.8 Å². The Morgan fingerprint density at radius 2 is 1.62 bits per heavy atom. The Morgan fingerprint density at radius 3 is 2.12 bits per heavy atom. The molecule has 2 saturated carbocycles. The van der Waals surface area contributed by atoms with Gasteiger partial charge in [-0.15, -0.1) is 0 Å². The average molecular weight is 226 g/mol. The molecular formula is C13H22O3. The Morgan fingerprint density at radius 1 is 1.00 bits per heavy atom. The lowest BCUT2D eigenvalue weighted by molar-refractivity contribution is -0.157. The lowest BCUT2D eigenvalue weighted by atomic mass is 9.77. The van der Waals surface area contributed by atoms with Crippen molar-refractivity contribution in [1.29, 1.82) is 0 Å². The van der Waals surface area contributed by atoms with Gasteiger partial charge in [-0.2, -0.15) is 0 Å². The fraction of sp³-hybridized carbons (Fsp3) is 0.923. The number of aliphatic carboxylic acids is 1. The molecule has 0 radical (unpaired) electrons. The summed E-state index contributed by atoms with van der Waals surface area (Å²) in [5.74, 6) is -0.797. The quantitative estimate of drug-likeness (QED) is 0.711. The van der Waals surface area contributed by atoms with E-state index in [0.717, 1.165) is 19.3 Å². The van der Waals surface area contributed by atoms with Crippen LogP contribution in [0.4, 0.5) is 0 Å². The predicted octanol–water partition coefficient (Wildman–Crippen LogP) is 2.57. The third-order valence-corrected chi connectivity index (χ3v) is 4.71. The SMILES string of the molecule is CC1(C)CCCC(O)(C2(C(=O)O)CC2)CC1. The third kappa shape index (κ3) is 1.75. The summed E-state index contributed by atoms with van der Waals surface area (Å²) in [5.41, 5.74) is -1.51. The molecule has 0 amide bonds. The lowest BCUT2D eigenvalue weighted by Gasteiger charge is -2.33. The van der Waals surface area contributed by atoms with Crippen molar-refractivity contribution >= 4 is 5.97 Å². The van der Waals surface area contributed by atoms with E-state index in [2.05, 4.69) is 13.8 Å². The van der Waals surface area contributed by atoms with Crippen LogP contribution in [0.2, 0.25) is 0 Å². The van der Waals surface area contributed by atoms with Gasteiger partial charge in [-0.1, -0.05) is 20.3 Å². The molecule has 0 aromatic rings. The molecule has 2 N–H and O–H groups in total. The van der Waals surface area contributed by atoms with E-state index in [0.29, 0.717) is 25.7 Å². The van der Waals surface area contributed by atoms with E-state index in [4.69, 9.17) is 0 Å². The van der Waals surface area contributed by atoms with Crippen LogP contribution >= 0.6 is 0 Å². The number of rotatable bonds is 2. The molecule has 2 rings (SSSR count). The molecular weight excluding hydrogens is 204 g/mol. The van der Waals surface area contributed by atoms with Crippen molar-refractivity contribution in [3.63, 3.8) is 0 Å². The molecule has 0 saturated heterocycles. The predicted molar refractivity (Wildman–Crippen MR) is 61.1 cm³/mol. The minimum absolute atomic E-state index is 0.249. The number of carboxylic acids is 1. The molecule has 92 valence electrons. The summed E-state index contributed by atoms with van der Waals surface area (Å²) in [6.45, 7) is 4.41. The van der Waals surface area contributed by atoms with Gasteiger partial charge in [-0.05, 0) is 43.9 Å². The highest BCUT2D eigenvalue weighted by Crippen LogP contribution is 2.59. The summed E-state index contributed by atoms with van der Waals surface area (Å²) in [6, 6.07) is 0. The van der Waals surface area contributed by atoms with Crippen LogP contribution in [0.15, 0.2) is 0 Å². The maximum atomic E-state index is 11.3. The molecule has 2 aliphatic rings. The third-order valence-electron chi connectivity index (χ3n) is 4.71. The summed E-state index contributed by atoms with van der Waals surface area (Å²) in [7, 11) is 0. The van der Waals surface area contributed by atoms with Gasteiger partial charge in [-0.3, -0.25) is 4.79 Å². The van der Waals surface area contributed by atoms with E-state index in [-0.39, 0.29) is 5.41 Å². The number of hydrogen-bond acceptors (Lipinski definition) is 2. The second-order valence-corrected chi connectivity index (χ2v) is 6.44. The monoisotopic (exact) mass is 226 g/mol. The van der Waals surface area contributed by atoms with Gasteiger partial charge >= 0.3 is 5.97 Å². The largest absolute Gasteiger partial charge is 0.481 e. The van der Waals surface area contributed by atoms with Crippen LogP contribution in [-0.2, 0) is 4.79 Å². The van der Waals surface area contributed by atoms with E-state index >= 15 is 0 Å². The van der Waals surface area contributed by atoms with Gasteiger partial charge in [0, 0.05) is 0 Å². The minimum atomic E-state index is -0.952. The van der Waals surface area contributed by atoms with Crippen LogP contribution in [0, 0.1) is 10.8 Å². The van der Waals surface area contributed by atoms with Crippen molar-refractivity contribution in [1.82, 2.24) is 0 Å². The molecule has 3 heteroatoms. The van der Waals surface area contributed by atoms with E-state index in [1.54, 1.807) is 0 Å². The fourth-order valence-electron chi connectivity index (χ4n) is 3.14. The Bertz CT molecular complexity index is 304. The second kappa shape index (κ2) is 3.46. The summed E-state index contributed by atoms with van der Waals surface area (Å²) in [5, 5.41) is 19.9. The van der Waals surface area contributed by atoms with Crippen molar-refractivity contribution in [2.24, 2.45) is 10.8 Å². The average Bonchev–Trinajstić information content (AvgIpc) is 2.94. The zero-order chi connectivity index (χ0) is 12.0. The van der Waals surface area contributed by atoms with E-state index in [9.17, 15) is 15.0 Å². The highest BCUT2D eigenvalue weighted by Gasteiger charge is 2.64. The molecule has 0 aliphatic heterocycles. The van der Waals surface area contributed by atoms with Crippen molar-refractivity contribution in [3.8, 4) is 0 Å². The molecule has 2 aliphatic carbocycles. The van der Waals surface area contributed by atoms with Gasteiger partial charge < -0.3 is 10.2 Å².